The van der Waals surface area contributed by atoms with E-state index in [0.29, 0.717) is 24.5 Å². The summed E-state index contributed by atoms with van der Waals surface area (Å²) in [7, 11) is 1.29. The summed E-state index contributed by atoms with van der Waals surface area (Å²) in [6.45, 7) is 3.95. The van der Waals surface area contributed by atoms with Crippen molar-refractivity contribution in [3.63, 3.8) is 0 Å². The van der Waals surface area contributed by atoms with Gasteiger partial charge in [-0.1, -0.05) is 6.92 Å². The summed E-state index contributed by atoms with van der Waals surface area (Å²) in [6.07, 6.45) is -1.98. The lowest BCUT2D eigenvalue weighted by Gasteiger charge is -2.21. The first-order valence-corrected chi connectivity index (χ1v) is 9.60. The Kier molecular flexibility index (Phi) is 6.42. The zero-order valence-electron chi connectivity index (χ0n) is 17.0. The molecule has 30 heavy (non-hydrogen) atoms. The van der Waals surface area contributed by atoms with Gasteiger partial charge in [-0.25, -0.2) is 18.8 Å². The lowest BCUT2D eigenvalue weighted by Crippen LogP contribution is -3.10. The zero-order valence-corrected chi connectivity index (χ0v) is 17.0. The van der Waals surface area contributed by atoms with Crippen LogP contribution in [0.5, 0.6) is 0 Å². The molecule has 10 nitrogen and oxygen atoms in total. The van der Waals surface area contributed by atoms with E-state index in [1.807, 2.05) is 11.8 Å². The maximum absolute atomic E-state index is 14.8. The molecule has 0 saturated carbocycles. The Morgan fingerprint density at radius 1 is 1.37 bits per heavy atom. The third-order valence-electron chi connectivity index (χ3n) is 5.36. The minimum Gasteiger partial charge on any atom is -0.627 e. The first-order chi connectivity index (χ1) is 14.2. The number of nitrogens with one attached hydrogen (secondary N) is 2. The largest absolute Gasteiger partial charge is 0.627 e. The van der Waals surface area contributed by atoms with Gasteiger partial charge in [-0.15, -0.1) is 0 Å². The zero-order chi connectivity index (χ0) is 22.0. The second-order valence-electron chi connectivity index (χ2n) is 7.56. The van der Waals surface area contributed by atoms with Crippen molar-refractivity contribution in [1.29, 1.82) is 0 Å². The smallest absolute Gasteiger partial charge is 0.414 e. The number of hydroxylamine groups is 2. The van der Waals surface area contributed by atoms with E-state index < -0.39 is 35.1 Å². The number of hydrogen-bond donors (Lipinski definition) is 2. The van der Waals surface area contributed by atoms with Crippen molar-refractivity contribution in [1.82, 2.24) is 5.32 Å². The molecule has 1 aromatic rings. The van der Waals surface area contributed by atoms with Crippen LogP contribution in [-0.2, 0) is 14.3 Å². The highest BCUT2D eigenvalue weighted by Gasteiger charge is 2.36. The highest BCUT2D eigenvalue weighted by atomic mass is 19.1. The fourth-order valence-electron chi connectivity index (χ4n) is 3.67. The van der Waals surface area contributed by atoms with Gasteiger partial charge in [0.2, 0.25) is 0 Å². The molecular weight excluding hydrogens is 399 g/mol. The average molecular weight is 424 g/mol. The molecule has 0 bridgehead atoms. The molecule has 2 aliphatic rings. The van der Waals surface area contributed by atoms with Crippen LogP contribution < -0.4 is 20.2 Å². The van der Waals surface area contributed by atoms with Crippen molar-refractivity contribution >= 4 is 29.5 Å². The monoisotopic (exact) mass is 424 g/mol. The number of methoxy groups -OCH3 is 1. The normalized spacial score (nSPS) is 24.6. The Morgan fingerprint density at radius 2 is 2.10 bits per heavy atom. The summed E-state index contributed by atoms with van der Waals surface area (Å²) < 4.78 is 24.6. The van der Waals surface area contributed by atoms with Crippen molar-refractivity contribution in [2.24, 2.45) is 5.92 Å². The lowest BCUT2D eigenvalue weighted by molar-refractivity contribution is -0.768. The number of nitrogens with zero attached hydrogens (tertiary/aromatic N) is 2. The van der Waals surface area contributed by atoms with Gasteiger partial charge in [0.1, 0.15) is 12.4 Å². The van der Waals surface area contributed by atoms with Crippen molar-refractivity contribution in [2.45, 2.75) is 26.0 Å². The fraction of sp³-hybridized carbons (Fsp3) is 0.526. The molecule has 2 N–H and O–H groups in total. The molecule has 164 valence electrons. The average Bonchev–Trinajstić information content (AvgIpc) is 3.23. The third kappa shape index (κ3) is 4.62. The number of anilines is 2. The molecule has 11 heteroatoms. The number of cyclic esters (lactones) is 1. The topological polar surface area (TPSA) is 116 Å². The molecule has 2 aliphatic heterocycles. The van der Waals surface area contributed by atoms with Gasteiger partial charge in [0, 0.05) is 13.1 Å². The molecule has 0 radical (unpaired) electrons. The van der Waals surface area contributed by atoms with Crippen molar-refractivity contribution in [2.75, 3.05) is 43.1 Å². The number of ether oxygens (including phenoxy) is 2. The molecule has 0 aromatic heterocycles. The molecule has 1 unspecified atom stereocenters. The summed E-state index contributed by atoms with van der Waals surface area (Å²) in [4.78, 5) is 37.8. The molecule has 0 spiro atoms. The van der Waals surface area contributed by atoms with Crippen LogP contribution in [0.4, 0.5) is 25.4 Å². The lowest BCUT2D eigenvalue weighted by atomic mass is 10.1. The van der Waals surface area contributed by atoms with Gasteiger partial charge in [0.05, 0.1) is 38.0 Å². The number of halogens is 1. The predicted octanol–water partition coefficient (Wildman–Crippen LogP) is 0.261. The van der Waals surface area contributed by atoms with Crippen LogP contribution in [0.3, 0.4) is 0 Å². The van der Waals surface area contributed by atoms with Crippen LogP contribution in [0.1, 0.15) is 13.8 Å². The SMILES string of the molecule is COC(=O)N[C@H]1CN(c2ccc(N3C[C@@H](C[NH+]([O-])C(C)=O)OC3=O)cc2F)C[C@@H]1C. The van der Waals surface area contributed by atoms with Crippen molar-refractivity contribution in [3.8, 4) is 0 Å². The molecule has 4 atom stereocenters. The third-order valence-corrected chi connectivity index (χ3v) is 5.36. The number of hydrogen-bond acceptors (Lipinski definition) is 7. The summed E-state index contributed by atoms with van der Waals surface area (Å²) >= 11 is 0. The van der Waals surface area contributed by atoms with E-state index in [-0.39, 0.29) is 25.0 Å². The Morgan fingerprint density at radius 3 is 2.73 bits per heavy atom. The summed E-state index contributed by atoms with van der Waals surface area (Å²) in [6, 6.07) is 4.22. The van der Waals surface area contributed by atoms with E-state index >= 15 is 0 Å². The highest BCUT2D eigenvalue weighted by Crippen LogP contribution is 2.31. The molecule has 2 fully saturated rings. The summed E-state index contributed by atoms with van der Waals surface area (Å²) in [5.41, 5.74) is 0.658. The Balaban J connectivity index is 1.68. The first-order valence-electron chi connectivity index (χ1n) is 9.60. The van der Waals surface area contributed by atoms with Crippen molar-refractivity contribution in [3.05, 3.63) is 29.2 Å². The maximum Gasteiger partial charge on any atom is 0.414 e. The minimum atomic E-state index is -0.749. The number of carbonyl (C=O) groups is 3. The molecule has 2 saturated heterocycles. The summed E-state index contributed by atoms with van der Waals surface area (Å²) in [5, 5.41) is 13.7. The molecule has 0 aliphatic carbocycles. The molecule has 3 rings (SSSR count). The maximum atomic E-state index is 14.8. The molecular formula is C19H25FN4O6. The Bertz CT molecular complexity index is 837. The number of benzene rings is 1. The Hall–Kier alpha value is -2.92. The van der Waals surface area contributed by atoms with Crippen LogP contribution in [0.25, 0.3) is 0 Å². The second kappa shape index (κ2) is 8.84. The molecule has 1 aromatic carbocycles. The Labute approximate surface area is 173 Å². The van der Waals surface area contributed by atoms with E-state index in [2.05, 4.69) is 10.1 Å². The van der Waals surface area contributed by atoms with Crippen molar-refractivity contribution < 1.29 is 33.3 Å². The number of alkyl carbamates (subject to hydrolysis) is 1. The van der Waals surface area contributed by atoms with Crippen LogP contribution in [0, 0.1) is 16.9 Å². The highest BCUT2D eigenvalue weighted by molar-refractivity contribution is 5.90. The molecule has 2 heterocycles. The first kappa shape index (κ1) is 21.8. The van der Waals surface area contributed by atoms with Crippen LogP contribution in [0.15, 0.2) is 18.2 Å². The van der Waals surface area contributed by atoms with Gasteiger partial charge < -0.3 is 30.0 Å². The van der Waals surface area contributed by atoms with E-state index in [1.54, 1.807) is 12.1 Å². The predicted molar refractivity (Wildman–Crippen MR) is 105 cm³/mol. The van der Waals surface area contributed by atoms with Crippen LogP contribution in [0.2, 0.25) is 0 Å². The van der Waals surface area contributed by atoms with Gasteiger partial charge in [-0.2, -0.15) is 0 Å². The number of amides is 3. The van der Waals surface area contributed by atoms with Crippen LogP contribution >= 0.6 is 0 Å². The molecule has 3 amide bonds. The second-order valence-corrected chi connectivity index (χ2v) is 7.56. The quantitative estimate of drug-likeness (QED) is 0.652. The van der Waals surface area contributed by atoms with Gasteiger partial charge in [0.25, 0.3) is 0 Å². The fourth-order valence-corrected chi connectivity index (χ4v) is 3.67. The van der Waals surface area contributed by atoms with E-state index in [1.165, 1.54) is 18.1 Å². The van der Waals surface area contributed by atoms with Gasteiger partial charge in [0.15, 0.2) is 6.10 Å². The minimum absolute atomic E-state index is 0.0580. The van der Waals surface area contributed by atoms with Crippen LogP contribution in [-0.4, -0.2) is 63.5 Å². The van der Waals surface area contributed by atoms with E-state index in [9.17, 15) is 24.0 Å². The van der Waals surface area contributed by atoms with Gasteiger partial charge >= 0.3 is 18.1 Å². The summed E-state index contributed by atoms with van der Waals surface area (Å²) in [5.74, 6) is -1.02. The van der Waals surface area contributed by atoms with E-state index in [0.717, 1.165) is 6.92 Å². The number of rotatable bonds is 5. The number of quaternary nitrogens is 1. The van der Waals surface area contributed by atoms with Gasteiger partial charge in [-0.05, 0) is 24.1 Å². The number of carbonyl (C=O) groups excluding carboxylic acids is 3. The standard InChI is InChI=1S/C19H25FN4O6/c1-11-7-22(10-16(11)21-18(26)29-3)17-5-4-13(6-15(17)20)23-8-14(30-19(23)27)9-24(28)12(2)25/h4-6,11,14,16,24H,7-10H2,1-3H3,(H,21,26)/t11-,14-,16-/m0/s1. The van der Waals surface area contributed by atoms with E-state index in [4.69, 9.17) is 4.74 Å². The van der Waals surface area contributed by atoms with Gasteiger partial charge in [-0.3, -0.25) is 4.90 Å².